The third-order valence-electron chi connectivity index (χ3n) is 2.98. The lowest BCUT2D eigenvalue weighted by molar-refractivity contribution is -0.136. The van der Waals surface area contributed by atoms with Crippen molar-refractivity contribution in [1.82, 2.24) is 14.9 Å². The Bertz CT molecular complexity index is 563. The van der Waals surface area contributed by atoms with Gasteiger partial charge in [-0.25, -0.2) is 4.98 Å². The number of benzene rings is 1. The van der Waals surface area contributed by atoms with Crippen molar-refractivity contribution in [3.05, 3.63) is 30.1 Å². The number of carbonyl (C=O) groups is 1. The Morgan fingerprint density at radius 1 is 1.42 bits per heavy atom. The summed E-state index contributed by atoms with van der Waals surface area (Å²) in [5.41, 5.74) is 2.13. The maximum Gasteiger partial charge on any atom is 0.304 e. The Balaban J connectivity index is 2.12. The van der Waals surface area contributed by atoms with Crippen LogP contribution in [0.2, 0.25) is 0 Å². The summed E-state index contributed by atoms with van der Waals surface area (Å²) < 4.78 is 2.20. The molecule has 0 aliphatic carbocycles. The second-order valence-corrected chi connectivity index (χ2v) is 4.49. The van der Waals surface area contributed by atoms with Gasteiger partial charge in [-0.15, -0.1) is 0 Å². The minimum atomic E-state index is -0.783. The molecule has 0 atom stereocenters. The molecule has 102 valence electrons. The third-order valence-corrected chi connectivity index (χ3v) is 2.98. The average Bonchev–Trinajstić information content (AvgIpc) is 2.74. The monoisotopic (exact) mass is 261 g/mol. The molecule has 0 aliphatic rings. The second kappa shape index (κ2) is 6.33. The molecule has 0 saturated carbocycles. The molecular formula is C14H19N3O2. The molecular weight excluding hydrogens is 242 g/mol. The minimum absolute atomic E-state index is 0.133. The van der Waals surface area contributed by atoms with Crippen LogP contribution in [0.1, 0.15) is 25.6 Å². The Morgan fingerprint density at radius 2 is 2.21 bits per heavy atom. The van der Waals surface area contributed by atoms with Crippen molar-refractivity contribution >= 4 is 17.0 Å². The zero-order valence-corrected chi connectivity index (χ0v) is 11.1. The largest absolute Gasteiger partial charge is 0.481 e. The molecule has 5 heteroatoms. The van der Waals surface area contributed by atoms with Crippen LogP contribution in [-0.4, -0.2) is 27.2 Å². The van der Waals surface area contributed by atoms with Crippen molar-refractivity contribution in [1.29, 1.82) is 0 Å². The van der Waals surface area contributed by atoms with Crippen LogP contribution in [0, 0.1) is 0 Å². The topological polar surface area (TPSA) is 67.2 Å². The fourth-order valence-corrected chi connectivity index (χ4v) is 2.13. The average molecular weight is 261 g/mol. The van der Waals surface area contributed by atoms with E-state index < -0.39 is 5.97 Å². The van der Waals surface area contributed by atoms with Crippen LogP contribution in [0.25, 0.3) is 11.0 Å². The molecule has 0 spiro atoms. The first-order chi connectivity index (χ1) is 9.22. The van der Waals surface area contributed by atoms with E-state index in [4.69, 9.17) is 5.11 Å². The van der Waals surface area contributed by atoms with Crippen molar-refractivity contribution in [3.63, 3.8) is 0 Å². The molecule has 2 rings (SSSR count). The highest BCUT2D eigenvalue weighted by atomic mass is 16.4. The van der Waals surface area contributed by atoms with Crippen LogP contribution < -0.4 is 5.32 Å². The number of rotatable bonds is 7. The predicted molar refractivity (Wildman–Crippen MR) is 74.0 cm³/mol. The second-order valence-electron chi connectivity index (χ2n) is 4.49. The maximum absolute atomic E-state index is 10.5. The highest BCUT2D eigenvalue weighted by Crippen LogP contribution is 2.16. The molecule has 0 saturated heterocycles. The van der Waals surface area contributed by atoms with Gasteiger partial charge in [-0.1, -0.05) is 19.1 Å². The number of aromatic nitrogens is 2. The van der Waals surface area contributed by atoms with Gasteiger partial charge < -0.3 is 15.0 Å². The Labute approximate surface area is 112 Å². The first-order valence-electron chi connectivity index (χ1n) is 6.59. The normalized spacial score (nSPS) is 11.0. The fraction of sp³-hybridized carbons (Fsp3) is 0.429. The number of nitrogens with zero attached hydrogens (tertiary/aromatic N) is 2. The molecule has 0 radical (unpaired) electrons. The van der Waals surface area contributed by atoms with Gasteiger partial charge in [-0.3, -0.25) is 4.79 Å². The van der Waals surface area contributed by atoms with Gasteiger partial charge in [-0.05, 0) is 18.6 Å². The number of imidazole rings is 1. The van der Waals surface area contributed by atoms with Crippen LogP contribution in [-0.2, 0) is 17.9 Å². The fourth-order valence-electron chi connectivity index (χ4n) is 2.13. The van der Waals surface area contributed by atoms with E-state index in [1.807, 2.05) is 18.2 Å². The number of carboxylic acid groups (broad SMARTS) is 1. The number of aryl methyl sites for hydroxylation is 1. The summed E-state index contributed by atoms with van der Waals surface area (Å²) in [6.07, 6.45) is 1.18. The Hall–Kier alpha value is -1.88. The first kappa shape index (κ1) is 13.5. The van der Waals surface area contributed by atoms with Gasteiger partial charge in [0.1, 0.15) is 5.82 Å². The van der Waals surface area contributed by atoms with Crippen molar-refractivity contribution in [2.24, 2.45) is 0 Å². The summed E-state index contributed by atoms with van der Waals surface area (Å²) in [5.74, 6) is 0.183. The smallest absolute Gasteiger partial charge is 0.304 e. The number of aliphatic carboxylic acids is 1. The number of para-hydroxylation sites is 2. The number of carboxylic acids is 1. The van der Waals surface area contributed by atoms with Gasteiger partial charge in [0.25, 0.3) is 0 Å². The number of nitrogens with one attached hydrogen (secondary N) is 1. The summed E-state index contributed by atoms with van der Waals surface area (Å²) in [6.45, 7) is 4.12. The lowest BCUT2D eigenvalue weighted by Crippen LogP contribution is -2.20. The Morgan fingerprint density at radius 3 is 2.95 bits per heavy atom. The van der Waals surface area contributed by atoms with E-state index >= 15 is 0 Å². The molecule has 5 nitrogen and oxygen atoms in total. The summed E-state index contributed by atoms with van der Waals surface area (Å²) in [7, 11) is 0. The van der Waals surface area contributed by atoms with Crippen molar-refractivity contribution in [2.75, 3.05) is 6.54 Å². The van der Waals surface area contributed by atoms with Gasteiger partial charge in [0.2, 0.25) is 0 Å². The molecule has 0 unspecified atom stereocenters. The van der Waals surface area contributed by atoms with Crippen LogP contribution in [0.3, 0.4) is 0 Å². The summed E-state index contributed by atoms with van der Waals surface area (Å²) in [4.78, 5) is 15.1. The third kappa shape index (κ3) is 3.32. The molecule has 2 aromatic rings. The Kier molecular flexibility index (Phi) is 4.52. The van der Waals surface area contributed by atoms with Crippen LogP contribution in [0.5, 0.6) is 0 Å². The summed E-state index contributed by atoms with van der Waals surface area (Å²) in [5, 5.41) is 11.7. The van der Waals surface area contributed by atoms with Crippen LogP contribution >= 0.6 is 0 Å². The van der Waals surface area contributed by atoms with Gasteiger partial charge in [0.15, 0.2) is 0 Å². The van der Waals surface area contributed by atoms with E-state index in [0.717, 1.165) is 29.8 Å². The van der Waals surface area contributed by atoms with Crippen LogP contribution in [0.4, 0.5) is 0 Å². The van der Waals surface area contributed by atoms with Crippen molar-refractivity contribution in [2.45, 2.75) is 32.9 Å². The van der Waals surface area contributed by atoms with Gasteiger partial charge in [0.05, 0.1) is 24.0 Å². The van der Waals surface area contributed by atoms with E-state index in [-0.39, 0.29) is 6.42 Å². The van der Waals surface area contributed by atoms with Crippen LogP contribution in [0.15, 0.2) is 24.3 Å². The molecule has 19 heavy (non-hydrogen) atoms. The van der Waals surface area contributed by atoms with Gasteiger partial charge in [0, 0.05) is 13.1 Å². The summed E-state index contributed by atoms with van der Waals surface area (Å²) in [6, 6.07) is 8.06. The molecule has 0 aliphatic heterocycles. The van der Waals surface area contributed by atoms with Gasteiger partial charge in [-0.2, -0.15) is 0 Å². The maximum atomic E-state index is 10.5. The molecule has 0 bridgehead atoms. The van der Waals surface area contributed by atoms with E-state index in [9.17, 15) is 4.79 Å². The molecule has 2 N–H and O–H groups in total. The molecule has 1 aromatic heterocycles. The lowest BCUT2D eigenvalue weighted by atomic mass is 10.3. The number of hydrogen-bond donors (Lipinski definition) is 2. The number of hydrogen-bond acceptors (Lipinski definition) is 3. The van der Waals surface area contributed by atoms with Gasteiger partial charge >= 0.3 is 5.97 Å². The number of fused-ring (bicyclic) bond motifs is 1. The van der Waals surface area contributed by atoms with E-state index in [0.29, 0.717) is 13.1 Å². The van der Waals surface area contributed by atoms with E-state index in [1.165, 1.54) is 0 Å². The minimum Gasteiger partial charge on any atom is -0.481 e. The summed E-state index contributed by atoms with van der Waals surface area (Å²) >= 11 is 0. The van der Waals surface area contributed by atoms with E-state index in [2.05, 4.69) is 27.9 Å². The zero-order valence-electron chi connectivity index (χ0n) is 11.1. The molecule has 1 aromatic carbocycles. The quantitative estimate of drug-likeness (QED) is 0.748. The first-order valence-corrected chi connectivity index (χ1v) is 6.59. The zero-order chi connectivity index (χ0) is 13.7. The standard InChI is InChI=1S/C14H19N3O2/c1-2-9-17-12-6-4-3-5-11(12)16-13(17)10-15-8-7-14(18)19/h3-6,15H,2,7-10H2,1H3,(H,18,19). The highest BCUT2D eigenvalue weighted by Gasteiger charge is 2.09. The lowest BCUT2D eigenvalue weighted by Gasteiger charge is -2.08. The molecule has 1 heterocycles. The SMILES string of the molecule is CCCn1c(CNCCC(=O)O)nc2ccccc21. The molecule has 0 fully saturated rings. The van der Waals surface area contributed by atoms with E-state index in [1.54, 1.807) is 0 Å². The van der Waals surface area contributed by atoms with Crippen molar-refractivity contribution < 1.29 is 9.90 Å². The molecule has 0 amide bonds. The van der Waals surface area contributed by atoms with Crippen molar-refractivity contribution in [3.8, 4) is 0 Å². The predicted octanol–water partition coefficient (Wildman–Crippen LogP) is 2.01. The highest BCUT2D eigenvalue weighted by molar-refractivity contribution is 5.75.